The first-order valence-corrected chi connectivity index (χ1v) is 8.34. The predicted octanol–water partition coefficient (Wildman–Crippen LogP) is 2.58. The van der Waals surface area contributed by atoms with E-state index >= 15 is 0 Å². The number of carbonyl (C=O) groups excluding carboxylic acids is 1. The average Bonchev–Trinajstić information content (AvgIpc) is 3.29. The van der Waals surface area contributed by atoms with Crippen LogP contribution in [0.5, 0.6) is 0 Å². The van der Waals surface area contributed by atoms with E-state index in [1.54, 1.807) is 24.3 Å². The topological polar surface area (TPSA) is 82.1 Å². The summed E-state index contributed by atoms with van der Waals surface area (Å²) in [5, 5.41) is 8.37. The van der Waals surface area contributed by atoms with Crippen LogP contribution in [-0.4, -0.2) is 48.6 Å². The Morgan fingerprint density at radius 1 is 1.04 bits per heavy atom. The largest absolute Gasteiger partial charge is 0.479 e. The maximum atomic E-state index is 11.9. The molecule has 7 heteroatoms. The third kappa shape index (κ3) is 5.68. The Kier molecular flexibility index (Phi) is 8.07. The van der Waals surface area contributed by atoms with Crippen molar-refractivity contribution in [1.29, 1.82) is 0 Å². The zero-order valence-corrected chi connectivity index (χ0v) is 15.9. The number of rotatable bonds is 3. The zero-order valence-electron chi connectivity index (χ0n) is 14.5. The van der Waals surface area contributed by atoms with Crippen LogP contribution in [0, 0.1) is 6.07 Å². The van der Waals surface area contributed by atoms with Crippen molar-refractivity contribution in [2.75, 3.05) is 13.2 Å². The van der Waals surface area contributed by atoms with Crippen LogP contribution in [0.2, 0.25) is 0 Å². The van der Waals surface area contributed by atoms with Crippen LogP contribution in [0.1, 0.15) is 27.1 Å². The summed E-state index contributed by atoms with van der Waals surface area (Å²) in [7, 11) is 0. The molecular weight excluding hydrogens is 387 g/mol. The van der Waals surface area contributed by atoms with Gasteiger partial charge in [-0.1, -0.05) is 18.2 Å². The Hall–Kier alpha value is -2.12. The molecule has 0 spiro atoms. The van der Waals surface area contributed by atoms with E-state index in [0.717, 1.165) is 6.42 Å². The number of carboxylic acids is 1. The second-order valence-electron chi connectivity index (χ2n) is 5.90. The summed E-state index contributed by atoms with van der Waals surface area (Å²) in [4.78, 5) is 22.0. The van der Waals surface area contributed by atoms with E-state index < -0.39 is 5.97 Å². The molecule has 2 fully saturated rings. The van der Waals surface area contributed by atoms with E-state index in [4.69, 9.17) is 19.3 Å². The molecule has 6 nitrogen and oxygen atoms in total. The van der Waals surface area contributed by atoms with Crippen LogP contribution in [0.15, 0.2) is 54.6 Å². The molecule has 0 aliphatic carbocycles. The second kappa shape index (κ2) is 10.3. The minimum atomic E-state index is -0.899. The number of carbonyl (C=O) groups is 2. The molecule has 141 valence electrons. The van der Waals surface area contributed by atoms with Gasteiger partial charge in [-0.2, -0.15) is 30.3 Å². The molecule has 0 saturated carbocycles. The molecule has 2 heterocycles. The summed E-state index contributed by atoms with van der Waals surface area (Å²) in [5.74, 6) is -1.21. The van der Waals surface area contributed by atoms with Gasteiger partial charge >= 0.3 is 11.9 Å². The molecule has 0 amide bonds. The third-order valence-corrected chi connectivity index (χ3v) is 4.15. The standard InChI is InChI=1S/C13H14O4.C7H5O2.V/c14-13(9-4-2-1-3-5-9)17-11-8-16-10-6-7-15-12(10)11;8-7(9)6-4-2-1-3-5-6;/h1-5,10-12H,6-8H2;2-5H,(H,8,9);/q;-1;/t10-,11?,12?;;/m1../s1. The number of aromatic carboxylic acids is 1. The van der Waals surface area contributed by atoms with E-state index in [0.29, 0.717) is 24.3 Å². The van der Waals surface area contributed by atoms with Crippen LogP contribution in [0.25, 0.3) is 0 Å². The Morgan fingerprint density at radius 2 is 1.74 bits per heavy atom. The molecule has 2 aliphatic rings. The van der Waals surface area contributed by atoms with Crippen LogP contribution in [0.4, 0.5) is 0 Å². The molecule has 2 unspecified atom stereocenters. The van der Waals surface area contributed by atoms with Crippen molar-refractivity contribution in [3.05, 3.63) is 71.8 Å². The summed E-state index contributed by atoms with van der Waals surface area (Å²) in [6.07, 6.45) is 0.644. The monoisotopic (exact) mass is 406 g/mol. The van der Waals surface area contributed by atoms with Crippen LogP contribution in [0.3, 0.4) is 0 Å². The molecular formula is C20H19O6V-. The van der Waals surface area contributed by atoms with Gasteiger partial charge in [-0.25, -0.2) is 9.59 Å². The fourth-order valence-electron chi connectivity index (χ4n) is 2.84. The molecule has 0 bridgehead atoms. The summed E-state index contributed by atoms with van der Waals surface area (Å²) in [6.45, 7) is 1.13. The zero-order chi connectivity index (χ0) is 18.4. The van der Waals surface area contributed by atoms with Crippen molar-refractivity contribution in [2.24, 2.45) is 0 Å². The predicted molar refractivity (Wildman–Crippen MR) is 92.0 cm³/mol. The quantitative estimate of drug-likeness (QED) is 0.623. The normalized spacial score (nSPS) is 22.6. The van der Waals surface area contributed by atoms with Gasteiger partial charge in [0.2, 0.25) is 0 Å². The van der Waals surface area contributed by atoms with E-state index in [2.05, 4.69) is 6.07 Å². The van der Waals surface area contributed by atoms with Gasteiger partial charge in [0.05, 0.1) is 18.3 Å². The summed E-state index contributed by atoms with van der Waals surface area (Å²) in [5.41, 5.74) is 0.864. The maximum Gasteiger partial charge on any atom is 0.338 e. The number of hydrogen-bond donors (Lipinski definition) is 1. The van der Waals surface area contributed by atoms with Gasteiger partial charge in [0.15, 0.2) is 6.10 Å². The number of benzene rings is 2. The van der Waals surface area contributed by atoms with Crippen molar-refractivity contribution >= 4 is 11.9 Å². The van der Waals surface area contributed by atoms with Gasteiger partial charge in [-0.3, -0.25) is 0 Å². The van der Waals surface area contributed by atoms with Crippen molar-refractivity contribution in [2.45, 2.75) is 24.7 Å². The molecule has 3 atom stereocenters. The van der Waals surface area contributed by atoms with Crippen molar-refractivity contribution in [3.63, 3.8) is 0 Å². The summed E-state index contributed by atoms with van der Waals surface area (Å²) in [6, 6.07) is 17.9. The second-order valence-corrected chi connectivity index (χ2v) is 5.90. The molecule has 0 aromatic heterocycles. The fraction of sp³-hybridized carbons (Fsp3) is 0.300. The van der Waals surface area contributed by atoms with Gasteiger partial charge in [0.1, 0.15) is 6.10 Å². The van der Waals surface area contributed by atoms with Gasteiger partial charge in [0, 0.05) is 25.2 Å². The van der Waals surface area contributed by atoms with Crippen LogP contribution >= 0.6 is 0 Å². The van der Waals surface area contributed by atoms with Crippen molar-refractivity contribution in [1.82, 2.24) is 0 Å². The Balaban J connectivity index is 0.000000224. The first-order chi connectivity index (χ1) is 12.6. The van der Waals surface area contributed by atoms with Crippen LogP contribution in [-0.2, 0) is 32.8 Å². The molecule has 2 saturated heterocycles. The minimum Gasteiger partial charge on any atom is -0.479 e. The number of ether oxygens (including phenoxy) is 3. The SMILES string of the molecule is O=C(O)c1cc[c-]cc1.O=C(OC1CO[C@@H]2CCOC12)c1ccccc1.[V]. The first kappa shape index (κ1) is 21.2. The van der Waals surface area contributed by atoms with Gasteiger partial charge in [0.25, 0.3) is 0 Å². The molecule has 4 rings (SSSR count). The molecule has 1 N–H and O–H groups in total. The van der Waals surface area contributed by atoms with Gasteiger partial charge in [-0.05, 0) is 24.1 Å². The molecule has 27 heavy (non-hydrogen) atoms. The molecule has 2 aliphatic heterocycles. The smallest absolute Gasteiger partial charge is 0.338 e. The van der Waals surface area contributed by atoms with Gasteiger partial charge < -0.3 is 19.3 Å². The Labute approximate surface area is 169 Å². The van der Waals surface area contributed by atoms with E-state index in [1.807, 2.05) is 18.2 Å². The average molecular weight is 406 g/mol. The van der Waals surface area contributed by atoms with Crippen molar-refractivity contribution < 1.29 is 47.5 Å². The summed E-state index contributed by atoms with van der Waals surface area (Å²) >= 11 is 0. The first-order valence-electron chi connectivity index (χ1n) is 8.34. The maximum absolute atomic E-state index is 11.9. The van der Waals surface area contributed by atoms with E-state index in [9.17, 15) is 9.59 Å². The van der Waals surface area contributed by atoms with Crippen molar-refractivity contribution in [3.8, 4) is 0 Å². The van der Waals surface area contributed by atoms with E-state index in [1.165, 1.54) is 12.1 Å². The number of carboxylic acid groups (broad SMARTS) is 1. The molecule has 1 radical (unpaired) electrons. The van der Waals surface area contributed by atoms with E-state index in [-0.39, 0.29) is 42.8 Å². The Bertz CT molecular complexity index is 737. The molecule has 2 aromatic carbocycles. The van der Waals surface area contributed by atoms with Crippen LogP contribution < -0.4 is 0 Å². The third-order valence-electron chi connectivity index (χ3n) is 4.15. The number of esters is 1. The fourth-order valence-corrected chi connectivity index (χ4v) is 2.84. The Morgan fingerprint density at radius 3 is 2.37 bits per heavy atom. The number of hydrogen-bond acceptors (Lipinski definition) is 5. The summed E-state index contributed by atoms with van der Waals surface area (Å²) < 4.78 is 16.5. The molecule has 2 aromatic rings. The minimum absolute atomic E-state index is 0. The number of fused-ring (bicyclic) bond motifs is 1. The van der Waals surface area contributed by atoms with Gasteiger partial charge in [-0.15, -0.1) is 0 Å².